The van der Waals surface area contributed by atoms with Crippen molar-refractivity contribution in [2.24, 2.45) is 0 Å². The molecule has 1 aromatic heterocycles. The van der Waals surface area contributed by atoms with Gasteiger partial charge in [-0.1, -0.05) is 17.7 Å². The third-order valence-electron chi connectivity index (χ3n) is 5.75. The van der Waals surface area contributed by atoms with Crippen LogP contribution in [0.15, 0.2) is 63.8 Å². The molecule has 0 aliphatic heterocycles. The number of benzene rings is 3. The van der Waals surface area contributed by atoms with Gasteiger partial charge in [-0.3, -0.25) is 4.79 Å². The first kappa shape index (κ1) is 28.6. The highest BCUT2D eigenvalue weighted by Crippen LogP contribution is 2.39. The van der Waals surface area contributed by atoms with Gasteiger partial charge in [-0.15, -0.1) is 0 Å². The van der Waals surface area contributed by atoms with Crippen LogP contribution in [0.5, 0.6) is 28.7 Å². The van der Waals surface area contributed by atoms with Gasteiger partial charge in [0, 0.05) is 17.2 Å². The van der Waals surface area contributed by atoms with E-state index in [2.05, 4.69) is 0 Å². The minimum Gasteiger partial charge on any atom is -0.493 e. The van der Waals surface area contributed by atoms with Crippen LogP contribution in [0, 0.1) is 13.8 Å². The summed E-state index contributed by atoms with van der Waals surface area (Å²) in [5.41, 5.74) is 0.226. The van der Waals surface area contributed by atoms with E-state index < -0.39 is 34.7 Å². The number of halogens is 4. The monoisotopic (exact) mass is 574 g/mol. The van der Waals surface area contributed by atoms with Crippen LogP contribution in [0.3, 0.4) is 0 Å². The van der Waals surface area contributed by atoms with Crippen LogP contribution in [0.4, 0.5) is 13.2 Å². The van der Waals surface area contributed by atoms with Crippen molar-refractivity contribution in [3.05, 3.63) is 92.3 Å². The number of methoxy groups -OCH3 is 2. The molecule has 3 aromatic carbocycles. The standard InChI is InChI=1S/C29H22ClF3O7/c1-15-11-19(12-16(2)25(15)30)39-27-26(35)20-8-7-18(14-22(20)40-28(27)29(31,32)33)38-24(34)10-6-17-5-9-21(36-3)23(13-17)37-4/h5-14H,1-4H3/b10-6+. The molecule has 0 atom stereocenters. The number of aryl methyl sites for hydroxylation is 2. The van der Waals surface area contributed by atoms with Gasteiger partial charge < -0.3 is 23.4 Å². The van der Waals surface area contributed by atoms with Crippen molar-refractivity contribution in [3.63, 3.8) is 0 Å². The molecule has 0 amide bonds. The lowest BCUT2D eigenvalue weighted by molar-refractivity contribution is -0.154. The number of alkyl halides is 3. The zero-order valence-electron chi connectivity index (χ0n) is 21.6. The van der Waals surface area contributed by atoms with Gasteiger partial charge in [0.05, 0.1) is 19.6 Å². The van der Waals surface area contributed by atoms with E-state index in [1.807, 2.05) is 0 Å². The minimum atomic E-state index is -5.06. The molecule has 4 aromatic rings. The number of carbonyl (C=O) groups is 1. The SMILES string of the molecule is COc1ccc(/C=C/C(=O)Oc2ccc3c(=O)c(Oc4cc(C)c(Cl)c(C)c4)c(C(F)(F)F)oc3c2)cc1OC. The molecule has 0 radical (unpaired) electrons. The van der Waals surface area contributed by atoms with Crippen LogP contribution in [-0.4, -0.2) is 20.2 Å². The molecular formula is C29H22ClF3O7. The largest absolute Gasteiger partial charge is 0.493 e. The van der Waals surface area contributed by atoms with Crippen LogP contribution < -0.4 is 24.4 Å². The lowest BCUT2D eigenvalue weighted by atomic mass is 10.1. The second-order valence-corrected chi connectivity index (χ2v) is 8.97. The summed E-state index contributed by atoms with van der Waals surface area (Å²) < 4.78 is 67.8. The summed E-state index contributed by atoms with van der Waals surface area (Å²) in [7, 11) is 2.96. The fraction of sp³-hybridized carbons (Fsp3) is 0.172. The van der Waals surface area contributed by atoms with E-state index >= 15 is 0 Å². The Labute approximate surface area is 231 Å². The molecule has 0 aliphatic carbocycles. The van der Waals surface area contributed by atoms with Gasteiger partial charge >= 0.3 is 12.1 Å². The first-order valence-corrected chi connectivity index (χ1v) is 12.0. The molecule has 11 heteroatoms. The van der Waals surface area contributed by atoms with Crippen molar-refractivity contribution in [2.45, 2.75) is 20.0 Å². The number of ether oxygens (including phenoxy) is 4. The van der Waals surface area contributed by atoms with E-state index in [1.54, 1.807) is 32.0 Å². The Morgan fingerprint density at radius 3 is 2.23 bits per heavy atom. The Morgan fingerprint density at radius 2 is 1.60 bits per heavy atom. The Bertz CT molecular complexity index is 1670. The molecule has 0 saturated carbocycles. The average molecular weight is 575 g/mol. The molecule has 208 valence electrons. The first-order chi connectivity index (χ1) is 18.9. The van der Waals surface area contributed by atoms with Crippen molar-refractivity contribution in [2.75, 3.05) is 14.2 Å². The molecule has 1 heterocycles. The van der Waals surface area contributed by atoms with Gasteiger partial charge in [-0.25, -0.2) is 4.79 Å². The topological polar surface area (TPSA) is 84.2 Å². The maximum absolute atomic E-state index is 13.9. The summed E-state index contributed by atoms with van der Waals surface area (Å²) in [5.74, 6) is -2.67. The molecule has 0 fully saturated rings. The maximum Gasteiger partial charge on any atom is 0.453 e. The molecule has 0 spiro atoms. The van der Waals surface area contributed by atoms with Crippen LogP contribution in [0.1, 0.15) is 22.5 Å². The van der Waals surface area contributed by atoms with Gasteiger partial charge in [0.25, 0.3) is 5.76 Å². The van der Waals surface area contributed by atoms with Crippen LogP contribution in [0.2, 0.25) is 5.02 Å². The summed E-state index contributed by atoms with van der Waals surface area (Å²) >= 11 is 6.13. The second-order valence-electron chi connectivity index (χ2n) is 8.59. The summed E-state index contributed by atoms with van der Waals surface area (Å²) in [6.07, 6.45) is -2.49. The van der Waals surface area contributed by atoms with Crippen molar-refractivity contribution in [3.8, 4) is 28.7 Å². The predicted molar refractivity (Wildman–Crippen MR) is 143 cm³/mol. The maximum atomic E-state index is 13.9. The van der Waals surface area contributed by atoms with E-state index in [9.17, 15) is 22.8 Å². The summed E-state index contributed by atoms with van der Waals surface area (Å²) in [6, 6.07) is 11.3. The van der Waals surface area contributed by atoms with Crippen molar-refractivity contribution >= 4 is 34.6 Å². The summed E-state index contributed by atoms with van der Waals surface area (Å²) in [4.78, 5) is 25.4. The van der Waals surface area contributed by atoms with E-state index in [0.717, 1.165) is 12.1 Å². The molecular weight excluding hydrogens is 553 g/mol. The van der Waals surface area contributed by atoms with Gasteiger partial charge in [-0.2, -0.15) is 13.2 Å². The summed E-state index contributed by atoms with van der Waals surface area (Å²) in [6.45, 7) is 3.31. The zero-order valence-corrected chi connectivity index (χ0v) is 22.4. The quantitative estimate of drug-likeness (QED) is 0.128. The molecule has 0 unspecified atom stereocenters. The average Bonchev–Trinajstić information content (AvgIpc) is 2.91. The zero-order chi connectivity index (χ0) is 29.2. The fourth-order valence-electron chi connectivity index (χ4n) is 3.85. The number of rotatable bonds is 7. The van der Waals surface area contributed by atoms with Crippen LogP contribution in [-0.2, 0) is 11.0 Å². The number of esters is 1. The number of fused-ring (bicyclic) bond motifs is 1. The van der Waals surface area contributed by atoms with Gasteiger partial charge in [-0.05, 0) is 73.0 Å². The van der Waals surface area contributed by atoms with Crippen molar-refractivity contribution in [1.29, 1.82) is 0 Å². The van der Waals surface area contributed by atoms with Gasteiger partial charge in [0.2, 0.25) is 11.2 Å². The van der Waals surface area contributed by atoms with E-state index in [4.69, 9.17) is 35.0 Å². The fourth-order valence-corrected chi connectivity index (χ4v) is 3.96. The number of carbonyl (C=O) groups excluding carboxylic acids is 1. The Hall–Kier alpha value is -4.44. The van der Waals surface area contributed by atoms with E-state index in [0.29, 0.717) is 33.2 Å². The molecule has 0 saturated heterocycles. The summed E-state index contributed by atoms with van der Waals surface area (Å²) in [5, 5.41) is 0.223. The van der Waals surface area contributed by atoms with Gasteiger partial charge in [0.1, 0.15) is 17.1 Å². The minimum absolute atomic E-state index is 0.0108. The Morgan fingerprint density at radius 1 is 0.925 bits per heavy atom. The molecule has 0 aliphatic rings. The van der Waals surface area contributed by atoms with Crippen molar-refractivity contribution < 1.29 is 41.3 Å². The molecule has 0 bridgehead atoms. The Kier molecular flexibility index (Phi) is 8.11. The van der Waals surface area contributed by atoms with E-state index in [-0.39, 0.29) is 16.9 Å². The lowest BCUT2D eigenvalue weighted by Gasteiger charge is -2.14. The Balaban J connectivity index is 1.64. The molecule has 0 N–H and O–H groups in total. The number of hydrogen-bond donors (Lipinski definition) is 0. The highest BCUT2D eigenvalue weighted by atomic mass is 35.5. The highest BCUT2D eigenvalue weighted by molar-refractivity contribution is 6.32. The van der Waals surface area contributed by atoms with Gasteiger partial charge in [0.15, 0.2) is 11.5 Å². The predicted octanol–water partition coefficient (Wildman–Crippen LogP) is 7.51. The third kappa shape index (κ3) is 6.07. The number of hydrogen-bond acceptors (Lipinski definition) is 7. The van der Waals surface area contributed by atoms with E-state index in [1.165, 1.54) is 44.6 Å². The third-order valence-corrected chi connectivity index (χ3v) is 6.34. The highest BCUT2D eigenvalue weighted by Gasteiger charge is 2.40. The molecule has 4 rings (SSSR count). The lowest BCUT2D eigenvalue weighted by Crippen LogP contribution is -2.15. The first-order valence-electron chi connectivity index (χ1n) is 11.7. The smallest absolute Gasteiger partial charge is 0.453 e. The van der Waals surface area contributed by atoms with Crippen LogP contribution in [0.25, 0.3) is 17.0 Å². The second kappa shape index (κ2) is 11.4. The normalized spacial score (nSPS) is 11.6. The molecule has 40 heavy (non-hydrogen) atoms. The molecule has 7 nitrogen and oxygen atoms in total. The van der Waals surface area contributed by atoms with Crippen LogP contribution >= 0.6 is 11.6 Å². The van der Waals surface area contributed by atoms with Crippen molar-refractivity contribution in [1.82, 2.24) is 0 Å².